The second-order valence-electron chi connectivity index (χ2n) is 7.38. The fourth-order valence-electron chi connectivity index (χ4n) is 3.73. The van der Waals surface area contributed by atoms with E-state index in [1.54, 1.807) is 0 Å². The molecule has 1 heterocycles. The summed E-state index contributed by atoms with van der Waals surface area (Å²) in [5.74, 6) is 0. The van der Waals surface area contributed by atoms with Gasteiger partial charge in [0.25, 0.3) is 0 Å². The number of rotatable bonds is 7. The van der Waals surface area contributed by atoms with Crippen molar-refractivity contribution in [3.63, 3.8) is 0 Å². The number of aromatic nitrogens is 1. The highest BCUT2D eigenvalue weighted by molar-refractivity contribution is 5.86. The minimum Gasteiger partial charge on any atom is -0.428 e. The lowest BCUT2D eigenvalue weighted by atomic mass is 10.0. The molecule has 0 aromatic heterocycles. The SMILES string of the molecule is CCN(CC)CCCC(C)N=c1cc(C)cc2n(O)c3ccccc3cc1-2.Cl.Cl. The molecular formula is C23H33Cl2N3O. The minimum atomic E-state index is 0. The van der Waals surface area contributed by atoms with Gasteiger partial charge in [-0.15, -0.1) is 24.8 Å². The zero-order valence-electron chi connectivity index (χ0n) is 17.8. The van der Waals surface area contributed by atoms with E-state index in [4.69, 9.17) is 4.99 Å². The number of nitrogens with zero attached hydrogens (tertiary/aromatic N) is 3. The zero-order chi connectivity index (χ0) is 19.4. The molecule has 1 aromatic carbocycles. The van der Waals surface area contributed by atoms with Crippen LogP contribution in [0.15, 0.2) is 47.5 Å². The lowest BCUT2D eigenvalue weighted by molar-refractivity contribution is 0.202. The first-order chi connectivity index (χ1) is 13.0. The molecule has 0 saturated heterocycles. The van der Waals surface area contributed by atoms with E-state index in [9.17, 15) is 5.21 Å². The first kappa shape index (κ1) is 25.3. The van der Waals surface area contributed by atoms with Crippen LogP contribution in [0.1, 0.15) is 39.2 Å². The van der Waals surface area contributed by atoms with Crippen LogP contribution in [-0.2, 0) is 0 Å². The molecule has 0 saturated carbocycles. The molecule has 0 bridgehead atoms. The first-order valence-electron chi connectivity index (χ1n) is 10.0. The number of aryl methyl sites for hydroxylation is 1. The Hall–Kier alpha value is -1.75. The van der Waals surface area contributed by atoms with Crippen molar-refractivity contribution in [3.05, 3.63) is 53.4 Å². The molecule has 1 atom stereocenters. The Bertz CT molecular complexity index is 951. The molecule has 1 aromatic rings. The van der Waals surface area contributed by atoms with Crippen molar-refractivity contribution >= 4 is 35.7 Å². The third-order valence-corrected chi connectivity index (χ3v) is 5.32. The molecule has 0 amide bonds. The van der Waals surface area contributed by atoms with Crippen molar-refractivity contribution < 1.29 is 5.21 Å². The predicted octanol–water partition coefficient (Wildman–Crippen LogP) is 5.55. The normalized spacial score (nSPS) is 12.8. The van der Waals surface area contributed by atoms with Gasteiger partial charge in [0.1, 0.15) is 0 Å². The molecular weight excluding hydrogens is 405 g/mol. The van der Waals surface area contributed by atoms with Crippen molar-refractivity contribution in [2.24, 2.45) is 4.99 Å². The molecule has 160 valence electrons. The smallest absolute Gasteiger partial charge is 0.0896 e. The summed E-state index contributed by atoms with van der Waals surface area (Å²) in [5, 5.41) is 12.7. The summed E-state index contributed by atoms with van der Waals surface area (Å²) in [6, 6.07) is 14.4. The van der Waals surface area contributed by atoms with E-state index in [2.05, 4.69) is 44.7 Å². The molecule has 2 aliphatic rings. The quantitative estimate of drug-likeness (QED) is 0.388. The summed E-state index contributed by atoms with van der Waals surface area (Å²) < 4.78 is 1.29. The van der Waals surface area contributed by atoms with Crippen LogP contribution >= 0.6 is 24.8 Å². The topological polar surface area (TPSA) is 40.8 Å². The van der Waals surface area contributed by atoms with Gasteiger partial charge in [0.2, 0.25) is 0 Å². The Balaban J connectivity index is 0.00000210. The van der Waals surface area contributed by atoms with E-state index < -0.39 is 0 Å². The highest BCUT2D eigenvalue weighted by Crippen LogP contribution is 2.25. The van der Waals surface area contributed by atoms with Gasteiger partial charge >= 0.3 is 0 Å². The van der Waals surface area contributed by atoms with Gasteiger partial charge in [-0.1, -0.05) is 32.0 Å². The number of hydrogen-bond donors (Lipinski definition) is 1. The highest BCUT2D eigenvalue weighted by atomic mass is 35.5. The van der Waals surface area contributed by atoms with Crippen molar-refractivity contribution in [1.82, 2.24) is 9.63 Å². The monoisotopic (exact) mass is 437 g/mol. The summed E-state index contributed by atoms with van der Waals surface area (Å²) in [6.07, 6.45) is 2.22. The third-order valence-electron chi connectivity index (χ3n) is 5.32. The van der Waals surface area contributed by atoms with Gasteiger partial charge in [-0.3, -0.25) is 4.99 Å². The van der Waals surface area contributed by atoms with Crippen LogP contribution in [0, 0.1) is 6.92 Å². The fraction of sp³-hybridized carbons (Fsp3) is 0.435. The number of para-hydroxylation sites is 1. The van der Waals surface area contributed by atoms with Crippen LogP contribution in [0.25, 0.3) is 22.2 Å². The van der Waals surface area contributed by atoms with E-state index in [1.165, 1.54) is 4.73 Å². The molecule has 29 heavy (non-hydrogen) atoms. The van der Waals surface area contributed by atoms with E-state index >= 15 is 0 Å². The zero-order valence-corrected chi connectivity index (χ0v) is 19.4. The summed E-state index contributed by atoms with van der Waals surface area (Å²) in [7, 11) is 0. The maximum atomic E-state index is 10.7. The molecule has 0 spiro atoms. The van der Waals surface area contributed by atoms with Gasteiger partial charge in [-0.05, 0) is 76.2 Å². The van der Waals surface area contributed by atoms with Gasteiger partial charge in [-0.25, -0.2) is 0 Å². The Morgan fingerprint density at radius 1 is 1.07 bits per heavy atom. The molecule has 0 fully saturated rings. The number of fused-ring (bicyclic) bond motifs is 2. The molecule has 1 aliphatic heterocycles. The standard InChI is InChI=1S/C23H31N3O.2ClH/c1-5-25(6-2)13-9-10-18(4)24-21-14-17(3)15-23-20(21)16-19-11-7-8-12-22(19)26(23)27;;/h7-8,11-12,14-16,18,27H,5-6,9-10,13H2,1-4H3;2*1H. The third kappa shape index (κ3) is 5.88. The molecule has 0 radical (unpaired) electrons. The van der Waals surface area contributed by atoms with E-state index in [0.717, 1.165) is 65.6 Å². The maximum Gasteiger partial charge on any atom is 0.0896 e. The largest absolute Gasteiger partial charge is 0.428 e. The maximum absolute atomic E-state index is 10.7. The summed E-state index contributed by atoms with van der Waals surface area (Å²) in [6.45, 7) is 12.0. The molecule has 6 heteroatoms. The van der Waals surface area contributed by atoms with E-state index in [-0.39, 0.29) is 30.9 Å². The Kier molecular flexibility index (Phi) is 9.97. The van der Waals surface area contributed by atoms with Gasteiger partial charge in [-0.2, -0.15) is 4.73 Å². The van der Waals surface area contributed by atoms with Crippen molar-refractivity contribution in [2.45, 2.75) is 46.6 Å². The highest BCUT2D eigenvalue weighted by Gasteiger charge is 2.13. The predicted molar refractivity (Wildman–Crippen MR) is 127 cm³/mol. The number of hydrogen-bond acceptors (Lipinski definition) is 3. The average Bonchev–Trinajstić information content (AvgIpc) is 2.66. The van der Waals surface area contributed by atoms with Crippen LogP contribution in [0.5, 0.6) is 0 Å². The summed E-state index contributed by atoms with van der Waals surface area (Å²) >= 11 is 0. The minimum absolute atomic E-state index is 0. The molecule has 3 rings (SSSR count). The van der Waals surface area contributed by atoms with E-state index in [1.807, 2.05) is 30.3 Å². The van der Waals surface area contributed by atoms with Crippen molar-refractivity contribution in [1.29, 1.82) is 0 Å². The fourth-order valence-corrected chi connectivity index (χ4v) is 3.73. The molecule has 4 nitrogen and oxygen atoms in total. The lowest BCUT2D eigenvalue weighted by Crippen LogP contribution is -2.24. The second-order valence-corrected chi connectivity index (χ2v) is 7.38. The molecule has 1 unspecified atom stereocenters. The average molecular weight is 438 g/mol. The summed E-state index contributed by atoms with van der Waals surface area (Å²) in [5.41, 5.74) is 3.73. The number of benzene rings is 2. The van der Waals surface area contributed by atoms with Crippen LogP contribution in [0.3, 0.4) is 0 Å². The Morgan fingerprint density at radius 2 is 1.76 bits per heavy atom. The van der Waals surface area contributed by atoms with Gasteiger partial charge in [0, 0.05) is 17.0 Å². The first-order valence-corrected chi connectivity index (χ1v) is 10.0. The number of halogens is 2. The van der Waals surface area contributed by atoms with Gasteiger partial charge in [0.15, 0.2) is 0 Å². The molecule has 1 aliphatic carbocycles. The second kappa shape index (κ2) is 11.4. The molecule has 1 N–H and O–H groups in total. The summed E-state index contributed by atoms with van der Waals surface area (Å²) in [4.78, 5) is 7.46. The van der Waals surface area contributed by atoms with Gasteiger partial charge < -0.3 is 10.1 Å². The van der Waals surface area contributed by atoms with Crippen LogP contribution < -0.4 is 5.36 Å². The lowest BCUT2D eigenvalue weighted by Gasteiger charge is -2.18. The van der Waals surface area contributed by atoms with Crippen LogP contribution in [0.4, 0.5) is 0 Å². The Morgan fingerprint density at radius 3 is 2.45 bits per heavy atom. The van der Waals surface area contributed by atoms with E-state index in [0.29, 0.717) is 0 Å². The Labute approximate surface area is 186 Å². The van der Waals surface area contributed by atoms with Gasteiger partial charge in [0.05, 0.1) is 16.6 Å². The van der Waals surface area contributed by atoms with Crippen LogP contribution in [-0.4, -0.2) is 40.5 Å². The van der Waals surface area contributed by atoms with Crippen LogP contribution in [0.2, 0.25) is 0 Å². The van der Waals surface area contributed by atoms with Crippen molar-refractivity contribution in [2.75, 3.05) is 19.6 Å². The van der Waals surface area contributed by atoms with Crippen molar-refractivity contribution in [3.8, 4) is 11.3 Å². The number of pyridine rings is 1.